The maximum atomic E-state index is 6.93. The molecule has 2 heterocycles. The number of furan rings is 1. The van der Waals surface area contributed by atoms with Crippen LogP contribution in [0.5, 0.6) is 11.5 Å². The number of fused-ring (bicyclic) bond motifs is 8. The fourth-order valence-corrected chi connectivity index (χ4v) is 7.42. The topological polar surface area (TPSA) is 25.6 Å². The highest BCUT2D eigenvalue weighted by atomic mass is 16.5. The number of benzene rings is 8. The summed E-state index contributed by atoms with van der Waals surface area (Å²) in [5.41, 5.74) is 9.70. The van der Waals surface area contributed by atoms with Gasteiger partial charge in [-0.1, -0.05) is 127 Å². The lowest BCUT2D eigenvalue weighted by molar-refractivity contribution is 0.477. The molecule has 0 atom stereocenters. The van der Waals surface area contributed by atoms with Gasteiger partial charge in [-0.05, 0) is 81.4 Å². The highest BCUT2D eigenvalue weighted by Gasteiger charge is 2.26. The highest BCUT2D eigenvalue weighted by molar-refractivity contribution is 6.28. The first-order chi connectivity index (χ1) is 24.3. The van der Waals surface area contributed by atoms with Crippen molar-refractivity contribution < 1.29 is 9.15 Å². The molecule has 3 heteroatoms. The van der Waals surface area contributed by atoms with Crippen LogP contribution >= 0.6 is 0 Å². The maximum Gasteiger partial charge on any atom is 0.151 e. The highest BCUT2D eigenvalue weighted by Crippen LogP contribution is 2.51. The van der Waals surface area contributed by atoms with Crippen LogP contribution in [0, 0.1) is 0 Å². The molecule has 0 radical (unpaired) electrons. The van der Waals surface area contributed by atoms with Crippen LogP contribution in [0.1, 0.15) is 0 Å². The summed E-state index contributed by atoms with van der Waals surface area (Å²) in [6.07, 6.45) is 0. The van der Waals surface area contributed by atoms with Gasteiger partial charge in [0.15, 0.2) is 11.5 Å². The average molecular weight is 628 g/mol. The lowest BCUT2D eigenvalue weighted by Crippen LogP contribution is -2.15. The van der Waals surface area contributed by atoms with Crippen LogP contribution in [0.15, 0.2) is 180 Å². The number of hydrogen-bond acceptors (Lipinski definition) is 3. The Kier molecular flexibility index (Phi) is 6.18. The normalized spacial score (nSPS) is 12.2. The minimum atomic E-state index is 0.849. The van der Waals surface area contributed by atoms with Crippen molar-refractivity contribution in [3.63, 3.8) is 0 Å². The van der Waals surface area contributed by atoms with E-state index in [0.29, 0.717) is 0 Å². The minimum absolute atomic E-state index is 0.849. The molecule has 0 bridgehead atoms. The fraction of sp³-hybridized carbons (Fsp3) is 0. The summed E-state index contributed by atoms with van der Waals surface area (Å²) in [6, 6.07) is 61.8. The van der Waals surface area contributed by atoms with Gasteiger partial charge in [-0.25, -0.2) is 0 Å². The second-order valence-electron chi connectivity index (χ2n) is 12.5. The number of nitrogens with zero attached hydrogens (tertiary/aromatic N) is 1. The zero-order chi connectivity index (χ0) is 32.3. The molecular formula is C46H29NO2. The number of anilines is 3. The Balaban J connectivity index is 1.14. The second kappa shape index (κ2) is 11.0. The predicted molar refractivity (Wildman–Crippen MR) is 202 cm³/mol. The van der Waals surface area contributed by atoms with E-state index in [-0.39, 0.29) is 0 Å². The Bertz CT molecular complexity index is 2630. The molecule has 1 aromatic heterocycles. The van der Waals surface area contributed by atoms with E-state index in [9.17, 15) is 0 Å². The largest absolute Gasteiger partial charge is 0.455 e. The van der Waals surface area contributed by atoms with Crippen molar-refractivity contribution in [3.05, 3.63) is 176 Å². The monoisotopic (exact) mass is 627 g/mol. The van der Waals surface area contributed by atoms with E-state index in [1.807, 2.05) is 30.3 Å². The molecule has 49 heavy (non-hydrogen) atoms. The van der Waals surface area contributed by atoms with Gasteiger partial charge in [0.25, 0.3) is 0 Å². The molecule has 9 aromatic rings. The molecule has 0 unspecified atom stereocenters. The zero-order valence-electron chi connectivity index (χ0n) is 26.5. The minimum Gasteiger partial charge on any atom is -0.455 e. The quantitative estimate of drug-likeness (QED) is 0.182. The van der Waals surface area contributed by atoms with Crippen molar-refractivity contribution in [1.82, 2.24) is 0 Å². The third-order valence-electron chi connectivity index (χ3n) is 9.65. The van der Waals surface area contributed by atoms with Crippen molar-refractivity contribution in [2.24, 2.45) is 0 Å². The van der Waals surface area contributed by atoms with Crippen molar-refractivity contribution in [2.75, 3.05) is 4.90 Å². The molecule has 10 rings (SSSR count). The summed E-state index contributed by atoms with van der Waals surface area (Å²) in [5, 5.41) is 5.83. The molecule has 0 saturated carbocycles. The Labute approximate surface area is 283 Å². The van der Waals surface area contributed by atoms with Gasteiger partial charge in [0.1, 0.15) is 11.3 Å². The van der Waals surface area contributed by atoms with Gasteiger partial charge in [0.2, 0.25) is 0 Å². The van der Waals surface area contributed by atoms with Crippen LogP contribution in [0.25, 0.3) is 66.1 Å². The zero-order valence-corrected chi connectivity index (χ0v) is 26.5. The third kappa shape index (κ3) is 4.37. The van der Waals surface area contributed by atoms with Crippen molar-refractivity contribution >= 4 is 49.6 Å². The van der Waals surface area contributed by atoms with Crippen LogP contribution in [-0.2, 0) is 0 Å². The van der Waals surface area contributed by atoms with E-state index in [2.05, 4.69) is 150 Å². The van der Waals surface area contributed by atoms with Crippen molar-refractivity contribution in [3.8, 4) is 45.1 Å². The first kappa shape index (κ1) is 27.5. The van der Waals surface area contributed by atoms with Gasteiger partial charge >= 0.3 is 0 Å². The standard InChI is InChI=1S/C46H29NO2/c1-3-13-31(14-4-1)43-44-36-18-8-7-17-35(36)38-29-33(25-28-37(38)46(44)49-45(43)32-15-5-2-6-16-32)30-23-26-34(27-24-30)47-39-19-9-11-21-41(39)48-42-22-12-10-20-40(42)47/h1-29H. The maximum absolute atomic E-state index is 6.93. The van der Waals surface area contributed by atoms with Crippen LogP contribution in [-0.4, -0.2) is 0 Å². The lowest BCUT2D eigenvalue weighted by atomic mass is 9.91. The molecule has 8 aromatic carbocycles. The van der Waals surface area contributed by atoms with Crippen LogP contribution < -0.4 is 9.64 Å². The molecule has 0 saturated heterocycles. The van der Waals surface area contributed by atoms with Gasteiger partial charge in [0, 0.05) is 27.6 Å². The second-order valence-corrected chi connectivity index (χ2v) is 12.5. The van der Waals surface area contributed by atoms with Crippen LogP contribution in [0.4, 0.5) is 17.1 Å². The molecule has 0 amide bonds. The molecule has 3 nitrogen and oxygen atoms in total. The molecule has 0 aliphatic carbocycles. The lowest BCUT2D eigenvalue weighted by Gasteiger charge is -2.32. The van der Waals surface area contributed by atoms with Gasteiger partial charge in [-0.3, -0.25) is 0 Å². The Morgan fingerprint density at radius 2 is 0.959 bits per heavy atom. The van der Waals surface area contributed by atoms with Crippen molar-refractivity contribution in [1.29, 1.82) is 0 Å². The Hall–Kier alpha value is -6.58. The fourth-order valence-electron chi connectivity index (χ4n) is 7.42. The summed E-state index contributed by atoms with van der Waals surface area (Å²) in [5.74, 6) is 2.59. The summed E-state index contributed by atoms with van der Waals surface area (Å²) < 4.78 is 13.2. The van der Waals surface area contributed by atoms with Gasteiger partial charge < -0.3 is 14.1 Å². The van der Waals surface area contributed by atoms with Crippen LogP contribution in [0.2, 0.25) is 0 Å². The average Bonchev–Trinajstić information content (AvgIpc) is 3.59. The van der Waals surface area contributed by atoms with E-state index < -0.39 is 0 Å². The Morgan fingerprint density at radius 3 is 1.65 bits per heavy atom. The summed E-state index contributed by atoms with van der Waals surface area (Å²) >= 11 is 0. The molecule has 1 aliphatic rings. The number of hydrogen-bond donors (Lipinski definition) is 0. The van der Waals surface area contributed by atoms with Gasteiger partial charge in [-0.2, -0.15) is 0 Å². The molecule has 0 N–H and O–H groups in total. The van der Waals surface area contributed by atoms with E-state index in [0.717, 1.165) is 78.5 Å². The van der Waals surface area contributed by atoms with E-state index in [1.54, 1.807) is 0 Å². The first-order valence-electron chi connectivity index (χ1n) is 16.6. The molecule has 230 valence electrons. The number of ether oxygens (including phenoxy) is 1. The molecule has 0 fully saturated rings. The number of rotatable bonds is 4. The molecular weight excluding hydrogens is 599 g/mol. The van der Waals surface area contributed by atoms with Gasteiger partial charge in [0.05, 0.1) is 11.4 Å². The smallest absolute Gasteiger partial charge is 0.151 e. The summed E-state index contributed by atoms with van der Waals surface area (Å²) in [4.78, 5) is 2.27. The molecule has 0 spiro atoms. The van der Waals surface area contributed by atoms with E-state index >= 15 is 0 Å². The third-order valence-corrected chi connectivity index (χ3v) is 9.65. The predicted octanol–water partition coefficient (Wildman–Crippen LogP) is 13.3. The van der Waals surface area contributed by atoms with E-state index in [4.69, 9.17) is 9.15 Å². The number of para-hydroxylation sites is 4. The van der Waals surface area contributed by atoms with Crippen LogP contribution in [0.3, 0.4) is 0 Å². The summed E-state index contributed by atoms with van der Waals surface area (Å²) in [7, 11) is 0. The van der Waals surface area contributed by atoms with Crippen molar-refractivity contribution in [2.45, 2.75) is 0 Å². The SMILES string of the molecule is c1ccc(-c2oc3c4ccc(-c5ccc(N6c7ccccc7Oc7ccccc76)cc5)cc4c4ccccc4c3c2-c2ccccc2)cc1. The van der Waals surface area contributed by atoms with E-state index in [1.165, 1.54) is 16.2 Å². The first-order valence-corrected chi connectivity index (χ1v) is 16.6. The summed E-state index contributed by atoms with van der Waals surface area (Å²) in [6.45, 7) is 0. The molecule has 1 aliphatic heterocycles. The van der Waals surface area contributed by atoms with Gasteiger partial charge in [-0.15, -0.1) is 0 Å². The Morgan fingerprint density at radius 1 is 0.388 bits per heavy atom.